The smallest absolute Gasteiger partial charge is 0.247 e. The van der Waals surface area contributed by atoms with E-state index in [0.29, 0.717) is 0 Å². The van der Waals surface area contributed by atoms with Crippen LogP contribution in [0.2, 0.25) is 0 Å². The summed E-state index contributed by atoms with van der Waals surface area (Å²) < 4.78 is 0. The fourth-order valence-corrected chi connectivity index (χ4v) is 15.4. The van der Waals surface area contributed by atoms with Crippen molar-refractivity contribution in [2.24, 2.45) is 0 Å². The van der Waals surface area contributed by atoms with Crippen LogP contribution in [0.4, 0.5) is 91.0 Å². The summed E-state index contributed by atoms with van der Waals surface area (Å²) in [6, 6.07) is 88.3. The van der Waals surface area contributed by atoms with Crippen molar-refractivity contribution in [3.63, 3.8) is 0 Å². The molecule has 0 bridgehead atoms. The molecular formula is C84H70B2N6. The fourth-order valence-electron chi connectivity index (χ4n) is 15.4. The zero-order chi connectivity index (χ0) is 62.2. The third-order valence-electron chi connectivity index (χ3n) is 20.0. The highest BCUT2D eigenvalue weighted by atomic mass is 15.2. The third-order valence-corrected chi connectivity index (χ3v) is 20.0. The molecule has 0 N–H and O–H groups in total. The minimum absolute atomic E-state index is 0.0635. The van der Waals surface area contributed by atoms with Gasteiger partial charge in [0.1, 0.15) is 0 Å². The SMILES string of the molecule is Cc1ccc(N2C3=C(CC=C3)B3c4cc5c(cc4N(c4ccc(C)cc4)c4cc(N(c6ccc(C)cc6)c6ccc(C)cc6)cc2c43)N(c2ccc(C)cc2)c2cc(N(c3ccc(C)cc3)c3ccc(C)cc3)cc3c2B5C2=C(C=CC2)N3c2ccc(C)cc2)cc1. The Labute approximate surface area is 542 Å². The van der Waals surface area contributed by atoms with E-state index in [9.17, 15) is 0 Å². The van der Waals surface area contributed by atoms with E-state index in [4.69, 9.17) is 0 Å². The van der Waals surface area contributed by atoms with Crippen molar-refractivity contribution in [2.45, 2.75) is 68.2 Å². The Morgan fingerprint density at radius 2 is 0.511 bits per heavy atom. The van der Waals surface area contributed by atoms with Crippen LogP contribution in [-0.2, 0) is 0 Å². The molecule has 92 heavy (non-hydrogen) atoms. The normalized spacial score (nSPS) is 14.6. The second-order valence-electron chi connectivity index (χ2n) is 26.4. The van der Waals surface area contributed by atoms with E-state index in [1.165, 1.54) is 123 Å². The van der Waals surface area contributed by atoms with Gasteiger partial charge in [-0.15, -0.1) is 0 Å². The Morgan fingerprint density at radius 1 is 0.261 bits per heavy atom. The van der Waals surface area contributed by atoms with E-state index in [1.54, 1.807) is 0 Å². The van der Waals surface area contributed by atoms with Crippen molar-refractivity contribution in [1.29, 1.82) is 0 Å². The number of hydrogen-bond donors (Lipinski definition) is 0. The number of fused-ring (bicyclic) bond motifs is 6. The summed E-state index contributed by atoms with van der Waals surface area (Å²) in [6.07, 6.45) is 11.3. The van der Waals surface area contributed by atoms with Crippen LogP contribution in [0.3, 0.4) is 0 Å². The molecule has 442 valence electrons. The van der Waals surface area contributed by atoms with Crippen molar-refractivity contribution in [1.82, 2.24) is 0 Å². The maximum Gasteiger partial charge on any atom is 0.247 e. The van der Waals surface area contributed by atoms with Crippen molar-refractivity contribution in [3.05, 3.63) is 322 Å². The van der Waals surface area contributed by atoms with Crippen LogP contribution in [0.25, 0.3) is 0 Å². The summed E-state index contributed by atoms with van der Waals surface area (Å²) in [4.78, 5) is 15.3. The summed E-state index contributed by atoms with van der Waals surface area (Å²) in [5, 5.41) is 0. The summed E-state index contributed by atoms with van der Waals surface area (Å²) in [7, 11) is 0. The highest BCUT2D eigenvalue weighted by Gasteiger charge is 2.50. The molecule has 0 saturated carbocycles. The highest BCUT2D eigenvalue weighted by molar-refractivity contribution is 6.98. The molecule has 6 nitrogen and oxygen atoms in total. The van der Waals surface area contributed by atoms with Gasteiger partial charge in [-0.05, 0) is 230 Å². The second-order valence-corrected chi connectivity index (χ2v) is 26.4. The van der Waals surface area contributed by atoms with Gasteiger partial charge in [0, 0.05) is 91.0 Å². The largest absolute Gasteiger partial charge is 0.312 e. The second kappa shape index (κ2) is 21.5. The van der Waals surface area contributed by atoms with Gasteiger partial charge in [-0.2, -0.15) is 0 Å². The minimum Gasteiger partial charge on any atom is -0.312 e. The highest BCUT2D eigenvalue weighted by Crippen LogP contribution is 2.54. The number of benzene rings is 11. The van der Waals surface area contributed by atoms with Crippen molar-refractivity contribution in [3.8, 4) is 0 Å². The van der Waals surface area contributed by atoms with Gasteiger partial charge in [-0.3, -0.25) is 0 Å². The summed E-state index contributed by atoms with van der Waals surface area (Å²) >= 11 is 0. The molecule has 0 atom stereocenters. The number of aryl methyl sites for hydroxylation is 8. The molecule has 0 unspecified atom stereocenters. The zero-order valence-electron chi connectivity index (χ0n) is 53.5. The maximum atomic E-state index is 2.69. The minimum atomic E-state index is -0.0635. The average molecular weight is 1190 g/mol. The molecule has 0 aromatic heterocycles. The van der Waals surface area contributed by atoms with Crippen LogP contribution < -0.4 is 51.3 Å². The van der Waals surface area contributed by atoms with Gasteiger partial charge in [0.15, 0.2) is 0 Å². The molecule has 11 aromatic rings. The van der Waals surface area contributed by atoms with Crippen LogP contribution >= 0.6 is 0 Å². The summed E-state index contributed by atoms with van der Waals surface area (Å²) in [5.41, 5.74) is 38.6. The molecule has 4 heterocycles. The number of nitrogens with zero attached hydrogens (tertiary/aromatic N) is 6. The van der Waals surface area contributed by atoms with Crippen molar-refractivity contribution < 1.29 is 0 Å². The lowest BCUT2D eigenvalue weighted by Crippen LogP contribution is -2.60. The van der Waals surface area contributed by atoms with Crippen LogP contribution in [0.5, 0.6) is 0 Å². The lowest BCUT2D eigenvalue weighted by Gasteiger charge is -2.47. The molecule has 4 aliphatic heterocycles. The maximum absolute atomic E-state index is 2.69. The predicted molar refractivity (Wildman–Crippen MR) is 392 cm³/mol. The van der Waals surface area contributed by atoms with Crippen LogP contribution in [0.1, 0.15) is 57.3 Å². The molecule has 0 radical (unpaired) electrons. The first-order valence-corrected chi connectivity index (χ1v) is 32.6. The van der Waals surface area contributed by atoms with E-state index >= 15 is 0 Å². The van der Waals surface area contributed by atoms with E-state index < -0.39 is 0 Å². The van der Waals surface area contributed by atoms with Gasteiger partial charge in [0.05, 0.1) is 11.4 Å². The molecule has 2 aliphatic carbocycles. The van der Waals surface area contributed by atoms with E-state index in [-0.39, 0.29) is 13.4 Å². The fraction of sp³-hybridized carbons (Fsp3) is 0.119. The molecule has 0 spiro atoms. The standard InChI is InChI=1S/C84H70B2N6/c1-53-15-31-61(32-16-53)87(62-33-17-54(2)18-34-62)69-47-79-83-81(49-69)91(67-43-27-59(7)28-44-67)77-52-78-74(51-73(77)85(83)71-11-9-13-75(71)89(79)65-39-23-57(5)24-40-65)86-72-12-10-14-76(72)90(66-41-25-58(6)26-42-66)80-48-70(50-82(84(80)86)92(78)68-45-29-60(8)30-46-68)88(63-35-19-55(3)20-36-63)64-37-21-56(4)22-38-64/h9-10,13-52H,11-12H2,1-8H3. The zero-order valence-corrected chi connectivity index (χ0v) is 53.5. The molecule has 11 aromatic carbocycles. The Balaban J connectivity index is 0.986. The number of anilines is 16. The van der Waals surface area contributed by atoms with Gasteiger partial charge >= 0.3 is 0 Å². The number of rotatable bonds is 10. The molecule has 17 rings (SSSR count). The summed E-state index contributed by atoms with van der Waals surface area (Å²) in [5.74, 6) is 0. The molecule has 0 amide bonds. The Bertz CT molecular complexity index is 4530. The third kappa shape index (κ3) is 8.93. The van der Waals surface area contributed by atoms with Crippen molar-refractivity contribution >= 4 is 126 Å². The molecule has 6 aliphatic rings. The summed E-state index contributed by atoms with van der Waals surface area (Å²) in [6.45, 7) is 17.4. The Morgan fingerprint density at radius 3 is 0.793 bits per heavy atom. The van der Waals surface area contributed by atoms with E-state index in [2.05, 4.69) is 340 Å². The first-order chi connectivity index (χ1) is 44.9. The predicted octanol–water partition coefficient (Wildman–Crippen LogP) is 19.7. The Kier molecular flexibility index (Phi) is 12.9. The quantitative estimate of drug-likeness (QED) is 0.126. The molecule has 8 heteroatoms. The number of allylic oxidation sites excluding steroid dienone is 6. The van der Waals surface area contributed by atoms with Gasteiger partial charge in [0.2, 0.25) is 13.4 Å². The van der Waals surface area contributed by atoms with Crippen LogP contribution in [0.15, 0.2) is 277 Å². The molecule has 0 fully saturated rings. The topological polar surface area (TPSA) is 19.4 Å². The van der Waals surface area contributed by atoms with E-state index in [1.807, 2.05) is 0 Å². The van der Waals surface area contributed by atoms with Crippen molar-refractivity contribution in [2.75, 3.05) is 29.4 Å². The first kappa shape index (κ1) is 55.4. The van der Waals surface area contributed by atoms with Gasteiger partial charge in [0.25, 0.3) is 0 Å². The van der Waals surface area contributed by atoms with Gasteiger partial charge < -0.3 is 29.4 Å². The van der Waals surface area contributed by atoms with Gasteiger partial charge in [-0.1, -0.05) is 171 Å². The molecular weight excluding hydrogens is 1110 g/mol. The molecule has 0 saturated heterocycles. The Hall–Kier alpha value is -10.7. The number of hydrogen-bond acceptors (Lipinski definition) is 6. The lowest BCUT2D eigenvalue weighted by atomic mass is 9.29. The van der Waals surface area contributed by atoms with Crippen LogP contribution in [-0.4, -0.2) is 13.4 Å². The monoisotopic (exact) mass is 1180 g/mol. The van der Waals surface area contributed by atoms with E-state index in [0.717, 1.165) is 69.7 Å². The lowest BCUT2D eigenvalue weighted by molar-refractivity contribution is 1.16. The van der Waals surface area contributed by atoms with Crippen LogP contribution in [0, 0.1) is 55.4 Å². The van der Waals surface area contributed by atoms with Gasteiger partial charge in [-0.25, -0.2) is 0 Å². The average Bonchev–Trinajstić information content (AvgIpc) is 0.975. The first-order valence-electron chi connectivity index (χ1n) is 32.6.